The molecule has 0 unspecified atom stereocenters. The van der Waals surface area contributed by atoms with Gasteiger partial charge < -0.3 is 5.32 Å². The van der Waals surface area contributed by atoms with Crippen molar-refractivity contribution in [3.8, 4) is 0 Å². The molecule has 2 aromatic rings. The Labute approximate surface area is 88.9 Å². The lowest BCUT2D eigenvalue weighted by Crippen LogP contribution is -2.14. The highest BCUT2D eigenvalue weighted by molar-refractivity contribution is 6.29. The molecular formula is C8H6ClFN4O. The Morgan fingerprint density at radius 3 is 3.20 bits per heavy atom. The van der Waals surface area contributed by atoms with Crippen LogP contribution in [0.2, 0.25) is 0 Å². The first-order chi connectivity index (χ1) is 7.20. The van der Waals surface area contributed by atoms with Crippen LogP contribution in [0, 0.1) is 5.82 Å². The maximum absolute atomic E-state index is 13.4. The fraction of sp³-hybridized carbons (Fsp3) is 0.125. The molecule has 0 fully saturated rings. The lowest BCUT2D eigenvalue weighted by molar-refractivity contribution is -0.113. The third-order valence-corrected chi connectivity index (χ3v) is 2.02. The predicted octanol–water partition coefficient (Wildman–Crippen LogP) is 1.05. The van der Waals surface area contributed by atoms with Crippen molar-refractivity contribution in [2.75, 3.05) is 11.2 Å². The number of anilines is 1. The van der Waals surface area contributed by atoms with Gasteiger partial charge in [-0.15, -0.1) is 21.8 Å². The van der Waals surface area contributed by atoms with Gasteiger partial charge in [0.15, 0.2) is 11.5 Å². The van der Waals surface area contributed by atoms with Crippen LogP contribution in [-0.2, 0) is 4.79 Å². The van der Waals surface area contributed by atoms with Crippen LogP contribution in [0.15, 0.2) is 18.6 Å². The first-order valence-electron chi connectivity index (χ1n) is 4.05. The molecule has 2 heterocycles. The molecule has 2 rings (SSSR count). The highest BCUT2D eigenvalue weighted by atomic mass is 35.5. The van der Waals surface area contributed by atoms with Gasteiger partial charge in [0.2, 0.25) is 5.91 Å². The van der Waals surface area contributed by atoms with E-state index in [2.05, 4.69) is 15.5 Å². The fourth-order valence-corrected chi connectivity index (χ4v) is 1.19. The van der Waals surface area contributed by atoms with Crippen molar-refractivity contribution in [1.82, 2.24) is 14.6 Å². The van der Waals surface area contributed by atoms with Gasteiger partial charge in [-0.2, -0.15) is 0 Å². The Hall–Kier alpha value is -1.69. The van der Waals surface area contributed by atoms with Crippen LogP contribution < -0.4 is 5.32 Å². The molecule has 0 aliphatic rings. The van der Waals surface area contributed by atoms with Gasteiger partial charge >= 0.3 is 0 Å². The summed E-state index contributed by atoms with van der Waals surface area (Å²) < 4.78 is 14.8. The molecule has 7 heteroatoms. The van der Waals surface area contributed by atoms with Crippen molar-refractivity contribution >= 4 is 28.8 Å². The third-order valence-electron chi connectivity index (χ3n) is 1.78. The number of nitrogens with zero attached hydrogens (tertiary/aromatic N) is 3. The Morgan fingerprint density at radius 2 is 2.47 bits per heavy atom. The van der Waals surface area contributed by atoms with E-state index in [0.717, 1.165) is 0 Å². The number of alkyl halides is 1. The fourth-order valence-electron chi connectivity index (χ4n) is 1.12. The standard InChI is InChI=1S/C8H6ClFN4O/c9-2-8(15)12-6-1-7-13-11-4-14(7)3-5(6)10/h1,3-4H,2H2,(H,12,15). The van der Waals surface area contributed by atoms with Crippen molar-refractivity contribution in [2.24, 2.45) is 0 Å². The zero-order valence-electron chi connectivity index (χ0n) is 7.44. The first-order valence-corrected chi connectivity index (χ1v) is 4.59. The van der Waals surface area contributed by atoms with Crippen LogP contribution in [0.25, 0.3) is 5.65 Å². The molecule has 0 atom stereocenters. The molecule has 0 bridgehead atoms. The second-order valence-electron chi connectivity index (χ2n) is 2.81. The number of amides is 1. The van der Waals surface area contributed by atoms with Crippen molar-refractivity contribution in [3.05, 3.63) is 24.4 Å². The molecule has 15 heavy (non-hydrogen) atoms. The summed E-state index contributed by atoms with van der Waals surface area (Å²) in [5.41, 5.74) is 0.488. The summed E-state index contributed by atoms with van der Waals surface area (Å²) in [6.45, 7) is 0. The molecule has 0 saturated heterocycles. The number of rotatable bonds is 2. The molecule has 5 nitrogen and oxygen atoms in total. The third kappa shape index (κ3) is 1.89. The number of carbonyl (C=O) groups excluding carboxylic acids is 1. The number of halogens is 2. The summed E-state index contributed by atoms with van der Waals surface area (Å²) in [4.78, 5) is 11.0. The summed E-state index contributed by atoms with van der Waals surface area (Å²) in [7, 11) is 0. The SMILES string of the molecule is O=C(CCl)Nc1cc2nncn2cc1F. The van der Waals surface area contributed by atoms with E-state index < -0.39 is 11.7 Å². The van der Waals surface area contributed by atoms with E-state index in [-0.39, 0.29) is 11.6 Å². The highest BCUT2D eigenvalue weighted by Crippen LogP contribution is 2.15. The number of fused-ring (bicyclic) bond motifs is 1. The second-order valence-corrected chi connectivity index (χ2v) is 3.08. The number of hydrogen-bond acceptors (Lipinski definition) is 3. The number of hydrogen-bond donors (Lipinski definition) is 1. The Bertz CT molecular complexity index is 512. The summed E-state index contributed by atoms with van der Waals surface area (Å²) in [6.07, 6.45) is 2.55. The maximum Gasteiger partial charge on any atom is 0.239 e. The van der Waals surface area contributed by atoms with Gasteiger partial charge in [0, 0.05) is 12.3 Å². The van der Waals surface area contributed by atoms with Gasteiger partial charge in [-0.3, -0.25) is 9.20 Å². The molecule has 0 aliphatic carbocycles. The van der Waals surface area contributed by atoms with Gasteiger partial charge in [-0.1, -0.05) is 0 Å². The Morgan fingerprint density at radius 1 is 1.67 bits per heavy atom. The van der Waals surface area contributed by atoms with Crippen LogP contribution in [0.5, 0.6) is 0 Å². The average Bonchev–Trinajstić information content (AvgIpc) is 2.65. The predicted molar refractivity (Wildman–Crippen MR) is 52.3 cm³/mol. The van der Waals surface area contributed by atoms with Gasteiger partial charge in [0.25, 0.3) is 0 Å². The lowest BCUT2D eigenvalue weighted by atomic mass is 10.3. The maximum atomic E-state index is 13.4. The first kappa shape index (κ1) is 9.85. The minimum absolute atomic E-state index is 0.0427. The Kier molecular flexibility index (Phi) is 2.51. The van der Waals surface area contributed by atoms with E-state index in [9.17, 15) is 9.18 Å². The second kappa shape index (κ2) is 3.82. The van der Waals surface area contributed by atoms with Gasteiger partial charge in [0.1, 0.15) is 12.2 Å². The Balaban J connectivity index is 2.41. The van der Waals surface area contributed by atoms with Crippen molar-refractivity contribution < 1.29 is 9.18 Å². The molecule has 1 N–H and O–H groups in total. The zero-order chi connectivity index (χ0) is 10.8. The molecule has 0 aromatic carbocycles. The van der Waals surface area contributed by atoms with Crippen molar-refractivity contribution in [1.29, 1.82) is 0 Å². The van der Waals surface area contributed by atoms with E-state index >= 15 is 0 Å². The smallest absolute Gasteiger partial charge is 0.239 e. The molecule has 78 valence electrons. The van der Waals surface area contributed by atoms with Crippen LogP contribution in [0.3, 0.4) is 0 Å². The molecule has 0 aliphatic heterocycles. The van der Waals surface area contributed by atoms with E-state index in [1.165, 1.54) is 23.0 Å². The summed E-state index contributed by atoms with van der Waals surface area (Å²) >= 11 is 5.28. The van der Waals surface area contributed by atoms with Crippen LogP contribution in [0.1, 0.15) is 0 Å². The molecular weight excluding hydrogens is 223 g/mol. The van der Waals surface area contributed by atoms with E-state index in [4.69, 9.17) is 11.6 Å². The molecule has 2 aromatic heterocycles. The molecule has 1 amide bonds. The number of aromatic nitrogens is 3. The van der Waals surface area contributed by atoms with Crippen LogP contribution >= 0.6 is 11.6 Å². The minimum atomic E-state index is -0.569. The normalized spacial score (nSPS) is 10.5. The average molecular weight is 229 g/mol. The van der Waals surface area contributed by atoms with E-state index in [1.54, 1.807) is 0 Å². The van der Waals surface area contributed by atoms with E-state index in [0.29, 0.717) is 5.65 Å². The van der Waals surface area contributed by atoms with Crippen molar-refractivity contribution in [3.63, 3.8) is 0 Å². The van der Waals surface area contributed by atoms with Gasteiger partial charge in [-0.25, -0.2) is 4.39 Å². The number of nitrogens with one attached hydrogen (secondary N) is 1. The molecule has 0 spiro atoms. The van der Waals surface area contributed by atoms with Crippen molar-refractivity contribution in [2.45, 2.75) is 0 Å². The lowest BCUT2D eigenvalue weighted by Gasteiger charge is -2.04. The van der Waals surface area contributed by atoms with Crippen LogP contribution in [0.4, 0.5) is 10.1 Å². The number of pyridine rings is 1. The molecule has 0 radical (unpaired) electrons. The zero-order valence-corrected chi connectivity index (χ0v) is 8.20. The summed E-state index contributed by atoms with van der Waals surface area (Å²) in [5, 5.41) is 9.62. The van der Waals surface area contributed by atoms with Gasteiger partial charge in [0.05, 0.1) is 5.69 Å². The topological polar surface area (TPSA) is 59.3 Å². The minimum Gasteiger partial charge on any atom is -0.322 e. The monoisotopic (exact) mass is 228 g/mol. The molecule has 0 saturated carbocycles. The van der Waals surface area contributed by atoms with E-state index in [1.807, 2.05) is 0 Å². The summed E-state index contributed by atoms with van der Waals surface area (Å²) in [5.74, 6) is -1.27. The quantitative estimate of drug-likeness (QED) is 0.782. The van der Waals surface area contributed by atoms with Crippen LogP contribution in [-0.4, -0.2) is 26.4 Å². The largest absolute Gasteiger partial charge is 0.322 e. The summed E-state index contributed by atoms with van der Waals surface area (Å²) in [6, 6.07) is 1.38. The van der Waals surface area contributed by atoms with Gasteiger partial charge in [-0.05, 0) is 0 Å². The number of carbonyl (C=O) groups is 1. The highest BCUT2D eigenvalue weighted by Gasteiger charge is 2.08.